The van der Waals surface area contributed by atoms with Gasteiger partial charge in [0.2, 0.25) is 0 Å². The number of hydrogen-bond donors (Lipinski definition) is 0. The van der Waals surface area contributed by atoms with Crippen LogP contribution >= 0.6 is 0 Å². The van der Waals surface area contributed by atoms with E-state index < -0.39 is 6.36 Å². The fourth-order valence-corrected chi connectivity index (χ4v) is 3.95. The maximum Gasteiger partial charge on any atom is 0.573 e. The summed E-state index contributed by atoms with van der Waals surface area (Å²) < 4.78 is 41.5. The van der Waals surface area contributed by atoms with Gasteiger partial charge in [-0.2, -0.15) is 0 Å². The van der Waals surface area contributed by atoms with Gasteiger partial charge >= 0.3 is 6.36 Å². The highest BCUT2D eigenvalue weighted by atomic mass is 19.4. The first-order chi connectivity index (χ1) is 16.4. The zero-order valence-electron chi connectivity index (χ0n) is 18.0. The van der Waals surface area contributed by atoms with Crippen LogP contribution in [0.5, 0.6) is 5.75 Å². The van der Waals surface area contributed by atoms with Crippen LogP contribution in [-0.2, 0) is 19.5 Å². The van der Waals surface area contributed by atoms with Gasteiger partial charge in [-0.15, -0.1) is 13.2 Å². The van der Waals surface area contributed by atoms with Crippen LogP contribution in [0.2, 0.25) is 0 Å². The number of ether oxygens (including phenoxy) is 1. The first-order valence-corrected chi connectivity index (χ1v) is 10.7. The first-order valence-electron chi connectivity index (χ1n) is 10.7. The van der Waals surface area contributed by atoms with E-state index in [0.29, 0.717) is 23.6 Å². The number of hydrogen-bond acceptors (Lipinski definition) is 6. The Morgan fingerprint density at radius 3 is 2.56 bits per heavy atom. The molecule has 4 aromatic rings. The third-order valence-corrected chi connectivity index (χ3v) is 5.55. The lowest BCUT2D eigenvalue weighted by molar-refractivity contribution is -0.274. The molecule has 0 aliphatic carbocycles. The average molecular weight is 463 g/mol. The van der Waals surface area contributed by atoms with Crippen molar-refractivity contribution in [3.8, 4) is 28.4 Å². The lowest BCUT2D eigenvalue weighted by atomic mass is 10.1. The van der Waals surface area contributed by atoms with Crippen molar-refractivity contribution in [3.05, 3.63) is 90.1 Å². The summed E-state index contributed by atoms with van der Waals surface area (Å²) in [6, 6.07) is 13.4. The topological polar surface area (TPSA) is 64.0 Å². The van der Waals surface area contributed by atoms with Gasteiger partial charge < -0.3 is 4.74 Å². The zero-order chi connectivity index (χ0) is 23.5. The summed E-state index contributed by atoms with van der Waals surface area (Å²) in [6.45, 7) is 2.30. The number of nitrogens with zero attached hydrogens (tertiary/aromatic N) is 5. The van der Waals surface area contributed by atoms with Crippen molar-refractivity contribution in [2.75, 3.05) is 6.54 Å². The summed E-state index contributed by atoms with van der Waals surface area (Å²) in [6.07, 6.45) is 3.20. The number of pyridine rings is 2. The van der Waals surface area contributed by atoms with E-state index >= 15 is 0 Å². The van der Waals surface area contributed by atoms with E-state index in [0.717, 1.165) is 41.9 Å². The number of fused-ring (bicyclic) bond motifs is 1. The number of aromatic nitrogens is 4. The van der Waals surface area contributed by atoms with E-state index in [1.807, 2.05) is 30.5 Å². The van der Waals surface area contributed by atoms with Gasteiger partial charge in [-0.05, 0) is 35.9 Å². The molecule has 6 nitrogen and oxygen atoms in total. The Bertz CT molecular complexity index is 1280. The van der Waals surface area contributed by atoms with Gasteiger partial charge in [0.05, 0.1) is 11.4 Å². The molecule has 3 aromatic heterocycles. The predicted octanol–water partition coefficient (Wildman–Crippen LogP) is 5.06. The summed E-state index contributed by atoms with van der Waals surface area (Å²) in [4.78, 5) is 20.0. The van der Waals surface area contributed by atoms with Crippen LogP contribution in [0, 0.1) is 0 Å². The molecule has 0 atom stereocenters. The minimum Gasteiger partial charge on any atom is -0.406 e. The molecule has 0 amide bonds. The Hall–Kier alpha value is -3.85. The molecule has 1 aliphatic heterocycles. The lowest BCUT2D eigenvalue weighted by Gasteiger charge is -2.28. The van der Waals surface area contributed by atoms with Gasteiger partial charge in [0.1, 0.15) is 5.75 Å². The summed E-state index contributed by atoms with van der Waals surface area (Å²) >= 11 is 0. The van der Waals surface area contributed by atoms with Gasteiger partial charge in [0, 0.05) is 67.5 Å². The molecule has 0 bridgehead atoms. The third-order valence-electron chi connectivity index (χ3n) is 5.55. The number of rotatable bonds is 5. The largest absolute Gasteiger partial charge is 0.573 e. The van der Waals surface area contributed by atoms with Crippen LogP contribution in [-0.4, -0.2) is 37.7 Å². The average Bonchev–Trinajstić information content (AvgIpc) is 2.84. The van der Waals surface area contributed by atoms with Gasteiger partial charge in [0.15, 0.2) is 5.82 Å². The maximum absolute atomic E-state index is 12.5. The van der Waals surface area contributed by atoms with E-state index in [2.05, 4.69) is 24.6 Å². The molecular weight excluding hydrogens is 443 g/mol. The number of halogens is 3. The van der Waals surface area contributed by atoms with Crippen LogP contribution in [0.4, 0.5) is 13.2 Å². The Morgan fingerprint density at radius 1 is 0.941 bits per heavy atom. The normalized spacial score (nSPS) is 14.0. The molecular formula is C25H20F3N5O. The Morgan fingerprint density at radius 2 is 1.79 bits per heavy atom. The second-order valence-electron chi connectivity index (χ2n) is 7.99. The summed E-state index contributed by atoms with van der Waals surface area (Å²) in [5, 5.41) is 0. The standard InChI is InChI=1S/C25H20F3N5O/c26-25(27,28)34-21-3-1-2-19(12-21)22-5-4-17(13-30-22)15-33-11-8-23-20(16-33)14-31-24(32-23)18-6-9-29-10-7-18/h1-7,9-10,12-14H,8,11,15-16H2. The van der Waals surface area contributed by atoms with Crippen molar-refractivity contribution in [3.63, 3.8) is 0 Å². The molecule has 0 radical (unpaired) electrons. The number of benzene rings is 1. The van der Waals surface area contributed by atoms with E-state index in [4.69, 9.17) is 4.98 Å². The molecule has 172 valence electrons. The molecule has 1 aromatic carbocycles. The van der Waals surface area contributed by atoms with Crippen molar-refractivity contribution >= 4 is 0 Å². The first kappa shape index (κ1) is 22.0. The monoisotopic (exact) mass is 463 g/mol. The maximum atomic E-state index is 12.5. The van der Waals surface area contributed by atoms with Crippen molar-refractivity contribution < 1.29 is 17.9 Å². The molecule has 4 heterocycles. The molecule has 9 heteroatoms. The lowest BCUT2D eigenvalue weighted by Crippen LogP contribution is -2.31. The Kier molecular flexibility index (Phi) is 5.93. The molecule has 0 spiro atoms. The second kappa shape index (κ2) is 9.18. The smallest absolute Gasteiger partial charge is 0.406 e. The van der Waals surface area contributed by atoms with Crippen LogP contribution in [0.25, 0.3) is 22.6 Å². The number of alkyl halides is 3. The van der Waals surface area contributed by atoms with E-state index in [1.165, 1.54) is 18.2 Å². The van der Waals surface area contributed by atoms with Crippen molar-refractivity contribution in [2.45, 2.75) is 25.9 Å². The molecule has 0 fully saturated rings. The molecule has 5 rings (SSSR count). The fourth-order valence-electron chi connectivity index (χ4n) is 3.95. The minimum atomic E-state index is -4.73. The van der Waals surface area contributed by atoms with Crippen molar-refractivity contribution in [2.24, 2.45) is 0 Å². The third kappa shape index (κ3) is 5.20. The molecule has 0 saturated heterocycles. The summed E-state index contributed by atoms with van der Waals surface area (Å²) in [5.41, 5.74) is 5.27. The predicted molar refractivity (Wildman–Crippen MR) is 119 cm³/mol. The minimum absolute atomic E-state index is 0.267. The Labute approximate surface area is 194 Å². The fraction of sp³-hybridized carbons (Fsp3) is 0.200. The van der Waals surface area contributed by atoms with Crippen LogP contribution < -0.4 is 4.74 Å². The highest BCUT2D eigenvalue weighted by Gasteiger charge is 2.31. The molecule has 0 saturated carbocycles. The summed E-state index contributed by atoms with van der Waals surface area (Å²) in [7, 11) is 0. The highest BCUT2D eigenvalue weighted by Crippen LogP contribution is 2.27. The zero-order valence-corrected chi connectivity index (χ0v) is 18.0. The quantitative estimate of drug-likeness (QED) is 0.412. The van der Waals surface area contributed by atoms with Crippen molar-refractivity contribution in [1.82, 2.24) is 24.8 Å². The Balaban J connectivity index is 1.25. The molecule has 34 heavy (non-hydrogen) atoms. The van der Waals surface area contributed by atoms with Gasteiger partial charge in [-0.3, -0.25) is 14.9 Å². The van der Waals surface area contributed by atoms with Crippen molar-refractivity contribution in [1.29, 1.82) is 0 Å². The van der Waals surface area contributed by atoms with Gasteiger partial charge in [0.25, 0.3) is 0 Å². The van der Waals surface area contributed by atoms with Gasteiger partial charge in [-0.25, -0.2) is 9.97 Å². The molecule has 0 N–H and O–H groups in total. The molecule has 1 aliphatic rings. The molecule has 0 unspecified atom stereocenters. The van der Waals surface area contributed by atoms with E-state index in [-0.39, 0.29) is 5.75 Å². The second-order valence-corrected chi connectivity index (χ2v) is 7.99. The van der Waals surface area contributed by atoms with Crippen LogP contribution in [0.1, 0.15) is 16.8 Å². The van der Waals surface area contributed by atoms with E-state index in [9.17, 15) is 13.2 Å². The van der Waals surface area contributed by atoms with Crippen LogP contribution in [0.15, 0.2) is 73.3 Å². The van der Waals surface area contributed by atoms with Crippen LogP contribution in [0.3, 0.4) is 0 Å². The highest BCUT2D eigenvalue weighted by molar-refractivity contribution is 5.61. The van der Waals surface area contributed by atoms with Gasteiger partial charge in [-0.1, -0.05) is 18.2 Å². The summed E-state index contributed by atoms with van der Waals surface area (Å²) in [5.74, 6) is 0.441. The van der Waals surface area contributed by atoms with E-state index in [1.54, 1.807) is 24.7 Å². The SMILES string of the molecule is FC(F)(F)Oc1cccc(-c2ccc(CN3CCc4nc(-c5ccncc5)ncc4C3)cn2)c1.